The largest absolute Gasteiger partial charge is 0.488 e. The Labute approximate surface area is 400 Å². The second-order valence-corrected chi connectivity index (χ2v) is 22.3. The molecule has 10 nitrogen and oxygen atoms in total. The van der Waals surface area contributed by atoms with E-state index in [0.29, 0.717) is 42.0 Å². The van der Waals surface area contributed by atoms with E-state index in [0.717, 1.165) is 16.3 Å². The topological polar surface area (TPSA) is 166 Å². The van der Waals surface area contributed by atoms with Crippen molar-refractivity contribution in [2.75, 3.05) is 12.5 Å². The van der Waals surface area contributed by atoms with Gasteiger partial charge in [0.15, 0.2) is 19.7 Å². The van der Waals surface area contributed by atoms with Gasteiger partial charge in [-0.15, -0.1) is 22.7 Å². The molecule has 0 aliphatic carbocycles. The van der Waals surface area contributed by atoms with Gasteiger partial charge >= 0.3 is 19.5 Å². The number of aromatic nitrogens is 4. The van der Waals surface area contributed by atoms with Gasteiger partial charge in [-0.3, -0.25) is 0 Å². The third-order valence-corrected chi connectivity index (χ3v) is 14.7. The Morgan fingerprint density at radius 1 is 0.591 bits per heavy atom. The van der Waals surface area contributed by atoms with Crippen LogP contribution in [0.25, 0.3) is 54.1 Å². The molecule has 0 unspecified atom stereocenters. The highest BCUT2D eigenvalue weighted by molar-refractivity contribution is 9.11. The minimum atomic E-state index is -4.65. The van der Waals surface area contributed by atoms with Gasteiger partial charge in [-0.05, 0) is 87.6 Å². The highest BCUT2D eigenvalue weighted by Gasteiger charge is 2.38. The molecule has 8 rings (SSSR count). The molecule has 4 N–H and O–H groups in total. The van der Waals surface area contributed by atoms with Gasteiger partial charge in [0.2, 0.25) is 11.6 Å². The number of nitrogens with zero attached hydrogens (tertiary/aromatic N) is 2. The van der Waals surface area contributed by atoms with Crippen LogP contribution >= 0.6 is 61.8 Å². The molecule has 0 saturated carbocycles. The van der Waals surface area contributed by atoms with Crippen molar-refractivity contribution in [2.45, 2.75) is 22.1 Å². The highest BCUT2D eigenvalue weighted by Crippen LogP contribution is 2.43. The van der Waals surface area contributed by atoms with E-state index in [4.69, 9.17) is 33.2 Å². The molecule has 4 heterocycles. The molecular formula is C42H30BBrCl2F6N4O6S4. The Kier molecular flexibility index (Phi) is 15.5. The van der Waals surface area contributed by atoms with Crippen molar-refractivity contribution in [1.29, 1.82) is 0 Å². The number of thiophene rings is 2. The van der Waals surface area contributed by atoms with E-state index in [1.165, 1.54) is 59.1 Å². The molecule has 0 bridgehead atoms. The summed E-state index contributed by atoms with van der Waals surface area (Å²) in [7, 11) is -8.31. The maximum atomic E-state index is 13.4. The molecular weight excluding hydrogens is 1060 g/mol. The zero-order valence-corrected chi connectivity index (χ0v) is 39.9. The first-order chi connectivity index (χ1) is 30.8. The van der Waals surface area contributed by atoms with Gasteiger partial charge in [-0.1, -0.05) is 83.9 Å². The molecule has 0 spiro atoms. The minimum Gasteiger partial charge on any atom is -0.423 e. The first kappa shape index (κ1) is 50.6. The lowest BCUT2D eigenvalue weighted by Gasteiger charge is -2.03. The van der Waals surface area contributed by atoms with Crippen molar-refractivity contribution in [3.8, 4) is 54.1 Å². The molecule has 8 aromatic rings. The average Bonchev–Trinajstić information content (AvgIpc) is 4.07. The van der Waals surface area contributed by atoms with Crippen LogP contribution in [0.3, 0.4) is 0 Å². The van der Waals surface area contributed by atoms with Gasteiger partial charge < -0.3 is 20.0 Å². The summed E-state index contributed by atoms with van der Waals surface area (Å²) >= 11 is 18.2. The van der Waals surface area contributed by atoms with E-state index in [9.17, 15) is 43.2 Å². The van der Waals surface area contributed by atoms with E-state index < -0.39 is 50.8 Å². The van der Waals surface area contributed by atoms with E-state index in [2.05, 4.69) is 35.9 Å². The Morgan fingerprint density at radius 2 is 1.03 bits per heavy atom. The van der Waals surface area contributed by atoms with Crippen LogP contribution in [0.5, 0.6) is 0 Å². The number of imidazole rings is 2. The number of aromatic amines is 2. The normalized spacial score (nSPS) is 12.0. The molecule has 4 aromatic carbocycles. The zero-order valence-electron chi connectivity index (χ0n) is 33.6. The van der Waals surface area contributed by atoms with Crippen LogP contribution in [0.1, 0.15) is 11.6 Å². The van der Waals surface area contributed by atoms with Crippen molar-refractivity contribution in [3.05, 3.63) is 147 Å². The van der Waals surface area contributed by atoms with Gasteiger partial charge in [0.1, 0.15) is 0 Å². The Hall–Kier alpha value is -4.78. The molecule has 0 radical (unpaired) electrons. The molecule has 0 aliphatic heterocycles. The standard InChI is InChI=1S/C21H14ClF3N2O2S2.C14H7BrClF3N2S.C7H9BO4S/c1-31(28,29)13-6-4-5-12(11-13)16-9-10-17(30-16)19-18(14-7-2-3-8-15(14)22)26-20(27-19)21(23,24)25;15-10-6-5-9(22-10)12-11(7-3-1-2-4-8(7)16)20-13(21-12)14(17,18)19;1-13(11,12)7-4-2-3-6(5-7)8(9)10/h2-11H,1H3,(H,26,27);1-6H,(H,20,21);2-5,9-10H,1H3. The van der Waals surface area contributed by atoms with Crippen molar-refractivity contribution in [3.63, 3.8) is 0 Å². The number of hydrogen-bond donors (Lipinski definition) is 4. The summed E-state index contributed by atoms with van der Waals surface area (Å²) in [5, 5.41) is 18.2. The van der Waals surface area contributed by atoms with Gasteiger partial charge in [-0.25, -0.2) is 26.8 Å². The lowest BCUT2D eigenvalue weighted by molar-refractivity contribution is -0.145. The number of sulfone groups is 2. The molecule has 66 heavy (non-hydrogen) atoms. The minimum absolute atomic E-state index is 0.0816. The van der Waals surface area contributed by atoms with Crippen molar-refractivity contribution in [1.82, 2.24) is 19.9 Å². The van der Waals surface area contributed by atoms with Gasteiger partial charge in [0.25, 0.3) is 0 Å². The second kappa shape index (κ2) is 20.2. The number of benzene rings is 4. The van der Waals surface area contributed by atoms with Crippen molar-refractivity contribution < 1.29 is 53.2 Å². The first-order valence-corrected chi connectivity index (χ1v) is 25.4. The molecule has 0 saturated heterocycles. The number of alkyl halides is 6. The fourth-order valence-corrected chi connectivity index (χ4v) is 10.1. The number of H-pyrrole nitrogens is 2. The predicted octanol–water partition coefficient (Wildman–Crippen LogP) is 11.6. The third-order valence-electron chi connectivity index (χ3n) is 9.01. The van der Waals surface area contributed by atoms with Crippen LogP contribution in [0, 0.1) is 0 Å². The lowest BCUT2D eigenvalue weighted by atomic mass is 9.80. The number of hydrogen-bond acceptors (Lipinski definition) is 10. The molecule has 4 aromatic heterocycles. The van der Waals surface area contributed by atoms with E-state index in [1.807, 2.05) is 0 Å². The lowest BCUT2D eigenvalue weighted by Crippen LogP contribution is -2.30. The predicted molar refractivity (Wildman–Crippen MR) is 250 cm³/mol. The van der Waals surface area contributed by atoms with Crippen molar-refractivity contribution >= 4 is 94.1 Å². The number of halogens is 9. The van der Waals surface area contributed by atoms with Gasteiger partial charge in [-0.2, -0.15) is 26.3 Å². The van der Waals surface area contributed by atoms with Gasteiger partial charge in [0.05, 0.1) is 56.2 Å². The number of nitrogens with one attached hydrogen (secondary N) is 2. The van der Waals surface area contributed by atoms with E-state index >= 15 is 0 Å². The molecule has 0 atom stereocenters. The maximum Gasteiger partial charge on any atom is 0.488 e. The van der Waals surface area contributed by atoms with Crippen LogP contribution in [0.4, 0.5) is 26.3 Å². The summed E-state index contributed by atoms with van der Waals surface area (Å²) in [6.07, 6.45) is -7.03. The fraction of sp³-hybridized carbons (Fsp3) is 0.0952. The second-order valence-electron chi connectivity index (χ2n) is 13.9. The smallest absolute Gasteiger partial charge is 0.423 e. The summed E-state index contributed by atoms with van der Waals surface area (Å²) in [4.78, 5) is 14.4. The zero-order chi connectivity index (χ0) is 48.4. The Bertz CT molecular complexity index is 3250. The van der Waals surface area contributed by atoms with Crippen LogP contribution in [0.15, 0.2) is 135 Å². The maximum absolute atomic E-state index is 13.4. The third kappa shape index (κ3) is 12.4. The van der Waals surface area contributed by atoms with Crippen LogP contribution in [-0.2, 0) is 32.0 Å². The average molecular weight is 1090 g/mol. The molecule has 0 amide bonds. The van der Waals surface area contributed by atoms with Crippen LogP contribution in [-0.4, -0.2) is 66.4 Å². The van der Waals surface area contributed by atoms with E-state index in [-0.39, 0.29) is 37.4 Å². The number of rotatable bonds is 8. The van der Waals surface area contributed by atoms with Crippen LogP contribution in [0.2, 0.25) is 10.0 Å². The monoisotopic (exact) mass is 1090 g/mol. The van der Waals surface area contributed by atoms with Gasteiger partial charge in [0, 0.05) is 28.5 Å². The summed E-state index contributed by atoms with van der Waals surface area (Å²) in [5.41, 5.74) is 2.42. The summed E-state index contributed by atoms with van der Waals surface area (Å²) < 4.78 is 126. The molecule has 0 aliphatic rings. The van der Waals surface area contributed by atoms with E-state index in [1.54, 1.807) is 84.9 Å². The first-order valence-electron chi connectivity index (χ1n) is 18.5. The molecule has 24 heteroatoms. The summed E-state index contributed by atoms with van der Waals surface area (Å²) in [6, 6.07) is 32.0. The Morgan fingerprint density at radius 3 is 1.47 bits per heavy atom. The van der Waals surface area contributed by atoms with Crippen LogP contribution < -0.4 is 5.46 Å². The summed E-state index contributed by atoms with van der Waals surface area (Å²) in [5.74, 6) is -2.16. The highest BCUT2D eigenvalue weighted by atomic mass is 79.9. The molecule has 344 valence electrons. The van der Waals surface area contributed by atoms with Crippen molar-refractivity contribution in [2.24, 2.45) is 0 Å². The molecule has 0 fully saturated rings. The SMILES string of the molecule is CS(=O)(=O)c1cccc(-c2ccc(-c3[nH]c(C(F)(F)F)nc3-c3ccccc3Cl)s2)c1.CS(=O)(=O)c1cccc(B(O)O)c1.FC(F)(F)c1nc(-c2ccccc2Cl)c(-c2ccc(Br)s2)[nH]1. The quantitative estimate of drug-likeness (QED) is 0.0862. The fourth-order valence-electron chi connectivity index (χ4n) is 5.93. The Balaban J connectivity index is 0.000000179. The summed E-state index contributed by atoms with van der Waals surface area (Å²) in [6.45, 7) is 0.